The average molecular weight is 201 g/mol. The fraction of sp³-hybridized carbons (Fsp3) is 1.00. The van der Waals surface area contributed by atoms with Gasteiger partial charge in [0, 0.05) is 27.3 Å². The second-order valence-corrected chi connectivity index (χ2v) is 4.08. The first-order valence-electron chi connectivity index (χ1n) is 5.58. The highest BCUT2D eigenvalue weighted by molar-refractivity contribution is 4.72. The van der Waals surface area contributed by atoms with Crippen LogP contribution in [0.5, 0.6) is 0 Å². The van der Waals surface area contributed by atoms with E-state index in [-0.39, 0.29) is 6.29 Å². The summed E-state index contributed by atoms with van der Waals surface area (Å²) in [6.07, 6.45) is 3.93. The van der Waals surface area contributed by atoms with Crippen LogP contribution in [0.1, 0.15) is 26.2 Å². The molecule has 0 aliphatic carbocycles. The molecule has 3 nitrogen and oxygen atoms in total. The summed E-state index contributed by atoms with van der Waals surface area (Å²) in [7, 11) is 3.41. The van der Waals surface area contributed by atoms with Crippen molar-refractivity contribution in [2.24, 2.45) is 5.92 Å². The van der Waals surface area contributed by atoms with Crippen LogP contribution >= 0.6 is 0 Å². The molecule has 1 unspecified atom stereocenters. The van der Waals surface area contributed by atoms with Gasteiger partial charge in [0.15, 0.2) is 6.29 Å². The van der Waals surface area contributed by atoms with Crippen molar-refractivity contribution in [1.29, 1.82) is 0 Å². The van der Waals surface area contributed by atoms with Crippen molar-refractivity contribution in [2.75, 3.05) is 33.9 Å². The number of piperidine rings is 1. The minimum Gasteiger partial charge on any atom is -0.355 e. The van der Waals surface area contributed by atoms with Crippen LogP contribution in [0.25, 0.3) is 0 Å². The van der Waals surface area contributed by atoms with Crippen molar-refractivity contribution >= 4 is 0 Å². The standard InChI is InChI=1S/C11H23NO2/c1-4-10-6-5-7-12(8-10)9-11(13-2)14-3/h10-11H,4-9H2,1-3H3. The van der Waals surface area contributed by atoms with Gasteiger partial charge in [0.1, 0.15) is 0 Å². The summed E-state index contributed by atoms with van der Waals surface area (Å²) in [4.78, 5) is 2.45. The maximum atomic E-state index is 5.21. The van der Waals surface area contributed by atoms with Gasteiger partial charge in [-0.3, -0.25) is 4.90 Å². The Bertz CT molecular complexity index is 148. The summed E-state index contributed by atoms with van der Waals surface area (Å²) in [5.41, 5.74) is 0. The lowest BCUT2D eigenvalue weighted by Crippen LogP contribution is -2.41. The summed E-state index contributed by atoms with van der Waals surface area (Å²) in [6, 6.07) is 0. The summed E-state index contributed by atoms with van der Waals surface area (Å²) >= 11 is 0. The number of rotatable bonds is 5. The molecule has 1 atom stereocenters. The number of ether oxygens (including phenoxy) is 2. The fourth-order valence-corrected chi connectivity index (χ4v) is 2.11. The average Bonchev–Trinajstić information content (AvgIpc) is 2.26. The number of hydrogen-bond acceptors (Lipinski definition) is 3. The van der Waals surface area contributed by atoms with Gasteiger partial charge in [-0.1, -0.05) is 13.3 Å². The Labute approximate surface area is 87.4 Å². The molecule has 3 heteroatoms. The van der Waals surface area contributed by atoms with Gasteiger partial charge in [-0.2, -0.15) is 0 Å². The molecule has 0 bridgehead atoms. The number of hydrogen-bond donors (Lipinski definition) is 0. The van der Waals surface area contributed by atoms with Crippen LogP contribution in [0.2, 0.25) is 0 Å². The van der Waals surface area contributed by atoms with E-state index in [0.29, 0.717) is 0 Å². The number of likely N-dealkylation sites (tertiary alicyclic amines) is 1. The molecule has 1 aliphatic rings. The first-order valence-corrected chi connectivity index (χ1v) is 5.58. The molecule has 0 amide bonds. The zero-order valence-corrected chi connectivity index (χ0v) is 9.66. The first-order chi connectivity index (χ1) is 6.80. The summed E-state index contributed by atoms with van der Waals surface area (Å²) in [6.45, 7) is 5.58. The maximum Gasteiger partial charge on any atom is 0.169 e. The van der Waals surface area contributed by atoms with Gasteiger partial charge in [-0.25, -0.2) is 0 Å². The molecule has 0 saturated carbocycles. The fourth-order valence-electron chi connectivity index (χ4n) is 2.11. The molecule has 84 valence electrons. The van der Waals surface area contributed by atoms with Gasteiger partial charge in [-0.05, 0) is 25.3 Å². The van der Waals surface area contributed by atoms with Crippen molar-refractivity contribution in [3.63, 3.8) is 0 Å². The Morgan fingerprint density at radius 3 is 2.64 bits per heavy atom. The molecule has 0 N–H and O–H groups in total. The van der Waals surface area contributed by atoms with Gasteiger partial charge in [0.05, 0.1) is 0 Å². The first kappa shape index (κ1) is 12.0. The third kappa shape index (κ3) is 3.56. The Kier molecular flexibility index (Phi) is 5.45. The van der Waals surface area contributed by atoms with Gasteiger partial charge >= 0.3 is 0 Å². The lowest BCUT2D eigenvalue weighted by atomic mass is 9.96. The zero-order valence-electron chi connectivity index (χ0n) is 9.66. The largest absolute Gasteiger partial charge is 0.355 e. The van der Waals surface area contributed by atoms with Crippen molar-refractivity contribution < 1.29 is 9.47 Å². The Balaban J connectivity index is 2.29. The van der Waals surface area contributed by atoms with Gasteiger partial charge < -0.3 is 9.47 Å². The molecule has 0 spiro atoms. The summed E-state index contributed by atoms with van der Waals surface area (Å²) < 4.78 is 10.4. The quantitative estimate of drug-likeness (QED) is 0.632. The van der Waals surface area contributed by atoms with Crippen LogP contribution < -0.4 is 0 Å². The number of methoxy groups -OCH3 is 2. The van der Waals surface area contributed by atoms with Crippen molar-refractivity contribution in [3.05, 3.63) is 0 Å². The highest BCUT2D eigenvalue weighted by Crippen LogP contribution is 2.19. The van der Waals surface area contributed by atoms with E-state index < -0.39 is 0 Å². The second kappa shape index (κ2) is 6.38. The molecule has 0 aromatic heterocycles. The Hall–Kier alpha value is -0.120. The molecule has 1 rings (SSSR count). The van der Waals surface area contributed by atoms with Crippen molar-refractivity contribution in [1.82, 2.24) is 4.90 Å². The second-order valence-electron chi connectivity index (χ2n) is 4.08. The molecule has 14 heavy (non-hydrogen) atoms. The topological polar surface area (TPSA) is 21.7 Å². The molecular weight excluding hydrogens is 178 g/mol. The lowest BCUT2D eigenvalue weighted by Gasteiger charge is -2.33. The highest BCUT2D eigenvalue weighted by Gasteiger charge is 2.20. The van der Waals surface area contributed by atoms with E-state index in [0.717, 1.165) is 12.5 Å². The molecule has 1 saturated heterocycles. The van der Waals surface area contributed by atoms with Crippen LogP contribution in [0, 0.1) is 5.92 Å². The molecule has 1 heterocycles. The monoisotopic (exact) mass is 201 g/mol. The summed E-state index contributed by atoms with van der Waals surface area (Å²) in [5, 5.41) is 0. The maximum absolute atomic E-state index is 5.21. The molecule has 0 radical (unpaired) electrons. The molecule has 1 aliphatic heterocycles. The van der Waals surface area contributed by atoms with Crippen molar-refractivity contribution in [2.45, 2.75) is 32.5 Å². The van der Waals surface area contributed by atoms with E-state index in [2.05, 4.69) is 11.8 Å². The Morgan fingerprint density at radius 1 is 1.36 bits per heavy atom. The predicted octanol–water partition coefficient (Wildman–Crippen LogP) is 1.73. The van der Waals surface area contributed by atoms with E-state index in [1.165, 1.54) is 32.4 Å². The van der Waals surface area contributed by atoms with E-state index in [4.69, 9.17) is 9.47 Å². The highest BCUT2D eigenvalue weighted by atomic mass is 16.7. The summed E-state index contributed by atoms with van der Waals surface area (Å²) in [5.74, 6) is 0.873. The van der Waals surface area contributed by atoms with Crippen LogP contribution in [0.4, 0.5) is 0 Å². The van der Waals surface area contributed by atoms with E-state index in [1.54, 1.807) is 14.2 Å². The normalized spacial score (nSPS) is 24.4. The SMILES string of the molecule is CCC1CCCN(CC(OC)OC)C1. The van der Waals surface area contributed by atoms with Crippen LogP contribution in [0.15, 0.2) is 0 Å². The molecular formula is C11H23NO2. The zero-order chi connectivity index (χ0) is 10.4. The third-order valence-corrected chi connectivity index (χ3v) is 3.11. The minimum absolute atomic E-state index is 0.0643. The lowest BCUT2D eigenvalue weighted by molar-refractivity contribution is -0.119. The molecule has 0 aromatic rings. The van der Waals surface area contributed by atoms with Crippen molar-refractivity contribution in [3.8, 4) is 0 Å². The number of nitrogens with zero attached hydrogens (tertiary/aromatic N) is 1. The van der Waals surface area contributed by atoms with E-state index >= 15 is 0 Å². The predicted molar refractivity (Wildman–Crippen MR) is 57.3 cm³/mol. The van der Waals surface area contributed by atoms with Gasteiger partial charge in [-0.15, -0.1) is 0 Å². The van der Waals surface area contributed by atoms with Crippen LogP contribution in [-0.2, 0) is 9.47 Å². The van der Waals surface area contributed by atoms with E-state index in [9.17, 15) is 0 Å². The van der Waals surface area contributed by atoms with E-state index in [1.807, 2.05) is 0 Å². The Morgan fingerprint density at radius 2 is 2.07 bits per heavy atom. The molecule has 1 fully saturated rings. The molecule has 0 aromatic carbocycles. The van der Waals surface area contributed by atoms with Crippen LogP contribution in [-0.4, -0.2) is 45.0 Å². The smallest absolute Gasteiger partial charge is 0.169 e. The van der Waals surface area contributed by atoms with Gasteiger partial charge in [0.2, 0.25) is 0 Å². The minimum atomic E-state index is -0.0643. The third-order valence-electron chi connectivity index (χ3n) is 3.11. The van der Waals surface area contributed by atoms with Crippen LogP contribution in [0.3, 0.4) is 0 Å². The van der Waals surface area contributed by atoms with Gasteiger partial charge in [0.25, 0.3) is 0 Å².